The number of nitrogens with zero attached hydrogens (tertiary/aromatic N) is 1. The first-order valence-corrected chi connectivity index (χ1v) is 6.38. The van der Waals surface area contributed by atoms with Crippen LogP contribution in [0.3, 0.4) is 0 Å². The predicted molar refractivity (Wildman–Crippen MR) is 66.6 cm³/mol. The van der Waals surface area contributed by atoms with Gasteiger partial charge in [-0.1, -0.05) is 6.92 Å². The van der Waals surface area contributed by atoms with Crippen molar-refractivity contribution in [2.45, 2.75) is 25.1 Å². The Kier molecular flexibility index (Phi) is 3.36. The second-order valence-corrected chi connectivity index (χ2v) is 5.45. The third kappa shape index (κ3) is 2.49. The van der Waals surface area contributed by atoms with Gasteiger partial charge in [-0.2, -0.15) is 13.2 Å². The summed E-state index contributed by atoms with van der Waals surface area (Å²) in [6.07, 6.45) is -3.69. The van der Waals surface area contributed by atoms with Gasteiger partial charge in [-0.25, -0.2) is 0 Å². The summed E-state index contributed by atoms with van der Waals surface area (Å²) in [5.41, 5.74) is -0.701. The largest absolute Gasteiger partial charge is 0.416 e. The van der Waals surface area contributed by atoms with Crippen LogP contribution in [0.25, 0.3) is 0 Å². The Bertz CT molecular complexity index is 455. The van der Waals surface area contributed by atoms with Crippen molar-refractivity contribution in [2.24, 2.45) is 0 Å². The molecule has 18 heavy (non-hydrogen) atoms. The summed E-state index contributed by atoms with van der Waals surface area (Å²) in [4.78, 5) is 1.85. The zero-order valence-corrected chi connectivity index (χ0v) is 11.3. The third-order valence-corrected chi connectivity index (χ3v) is 3.88. The van der Waals surface area contributed by atoms with Gasteiger partial charge in [0.25, 0.3) is 0 Å². The maximum Gasteiger partial charge on any atom is 0.416 e. The number of hydrogen-bond donors (Lipinski definition) is 1. The van der Waals surface area contributed by atoms with Crippen molar-refractivity contribution in [1.82, 2.24) is 0 Å². The van der Waals surface area contributed by atoms with Gasteiger partial charge in [0, 0.05) is 17.6 Å². The number of hydrogen-bond acceptors (Lipinski definition) is 2. The highest BCUT2D eigenvalue weighted by Crippen LogP contribution is 2.38. The first-order chi connectivity index (χ1) is 8.25. The number of aliphatic hydroxyl groups is 1. The minimum absolute atomic E-state index is 0.399. The lowest BCUT2D eigenvalue weighted by Gasteiger charge is -2.48. The van der Waals surface area contributed by atoms with Crippen molar-refractivity contribution in [1.29, 1.82) is 0 Å². The molecular formula is C12H13BrF3NO. The Morgan fingerprint density at radius 2 is 2.00 bits per heavy atom. The van der Waals surface area contributed by atoms with E-state index >= 15 is 0 Å². The average molecular weight is 324 g/mol. The van der Waals surface area contributed by atoms with Crippen LogP contribution in [0.5, 0.6) is 0 Å². The minimum atomic E-state index is -4.33. The fourth-order valence-electron chi connectivity index (χ4n) is 2.00. The van der Waals surface area contributed by atoms with Crippen LogP contribution in [0, 0.1) is 0 Å². The van der Waals surface area contributed by atoms with Gasteiger partial charge in [-0.05, 0) is 40.5 Å². The lowest BCUT2D eigenvalue weighted by Crippen LogP contribution is -2.61. The molecule has 100 valence electrons. The Labute approximate surface area is 112 Å². The van der Waals surface area contributed by atoms with Crippen LogP contribution in [0.4, 0.5) is 18.9 Å². The predicted octanol–water partition coefficient (Wildman–Crippen LogP) is 3.43. The molecule has 2 rings (SSSR count). The van der Waals surface area contributed by atoms with Gasteiger partial charge in [0.15, 0.2) is 0 Å². The molecule has 1 fully saturated rings. The minimum Gasteiger partial charge on any atom is -0.386 e. The van der Waals surface area contributed by atoms with Crippen LogP contribution in [0.1, 0.15) is 18.9 Å². The lowest BCUT2D eigenvalue weighted by atomic mass is 9.90. The van der Waals surface area contributed by atoms with Crippen LogP contribution < -0.4 is 4.90 Å². The summed E-state index contributed by atoms with van der Waals surface area (Å²) in [6, 6.07) is 3.56. The van der Waals surface area contributed by atoms with E-state index in [1.165, 1.54) is 6.07 Å². The molecule has 0 atom stereocenters. The van der Waals surface area contributed by atoms with Crippen molar-refractivity contribution in [3.63, 3.8) is 0 Å². The molecule has 1 aliphatic heterocycles. The van der Waals surface area contributed by atoms with Crippen molar-refractivity contribution in [3.8, 4) is 0 Å². The number of rotatable bonds is 2. The number of alkyl halides is 3. The lowest BCUT2D eigenvalue weighted by molar-refractivity contribution is -0.137. The summed E-state index contributed by atoms with van der Waals surface area (Å²) in [5, 5.41) is 9.89. The molecule has 0 saturated carbocycles. The molecule has 6 heteroatoms. The Morgan fingerprint density at radius 3 is 2.44 bits per heavy atom. The maximum atomic E-state index is 12.5. The average Bonchev–Trinajstić information content (AvgIpc) is 2.24. The van der Waals surface area contributed by atoms with Crippen LogP contribution in [-0.2, 0) is 6.18 Å². The molecule has 0 spiro atoms. The summed E-state index contributed by atoms with van der Waals surface area (Å²) in [7, 11) is 0. The number of anilines is 1. The molecule has 0 unspecified atom stereocenters. The molecule has 1 N–H and O–H groups in total. The zero-order valence-electron chi connectivity index (χ0n) is 9.76. The highest BCUT2D eigenvalue weighted by atomic mass is 79.9. The molecule has 0 radical (unpaired) electrons. The molecule has 0 aromatic heterocycles. The van der Waals surface area contributed by atoms with Gasteiger partial charge in [-0.15, -0.1) is 0 Å². The van der Waals surface area contributed by atoms with E-state index in [2.05, 4.69) is 15.9 Å². The van der Waals surface area contributed by atoms with Gasteiger partial charge >= 0.3 is 6.18 Å². The van der Waals surface area contributed by atoms with Gasteiger partial charge in [-0.3, -0.25) is 0 Å². The second-order valence-electron chi connectivity index (χ2n) is 4.60. The van der Waals surface area contributed by atoms with Gasteiger partial charge < -0.3 is 10.0 Å². The Balaban J connectivity index is 2.18. The van der Waals surface area contributed by atoms with E-state index in [9.17, 15) is 18.3 Å². The molecule has 2 nitrogen and oxygen atoms in total. The second kappa shape index (κ2) is 4.42. The van der Waals surface area contributed by atoms with E-state index in [0.717, 1.165) is 12.1 Å². The highest BCUT2D eigenvalue weighted by Gasteiger charge is 2.40. The molecule has 1 aromatic carbocycles. The highest BCUT2D eigenvalue weighted by molar-refractivity contribution is 9.10. The van der Waals surface area contributed by atoms with E-state index in [-0.39, 0.29) is 0 Å². The molecule has 0 amide bonds. The molecule has 1 saturated heterocycles. The molecular weight excluding hydrogens is 311 g/mol. The first-order valence-electron chi connectivity index (χ1n) is 5.59. The van der Waals surface area contributed by atoms with Gasteiger partial charge in [0.2, 0.25) is 0 Å². The molecule has 1 aromatic rings. The van der Waals surface area contributed by atoms with Crippen molar-refractivity contribution in [3.05, 3.63) is 28.2 Å². The standard InChI is InChI=1S/C12H13BrF3NO/c1-2-11(18)6-17(7-11)10-4-3-8(5-9(10)13)12(14,15)16/h3-5,18H,2,6-7H2,1H3. The first kappa shape index (κ1) is 13.7. The van der Waals surface area contributed by atoms with Gasteiger partial charge in [0.05, 0.1) is 16.9 Å². The van der Waals surface area contributed by atoms with Crippen LogP contribution in [0.2, 0.25) is 0 Å². The van der Waals surface area contributed by atoms with E-state index in [0.29, 0.717) is 29.7 Å². The summed E-state index contributed by atoms with van der Waals surface area (Å²) < 4.78 is 37.9. The van der Waals surface area contributed by atoms with Crippen molar-refractivity contribution < 1.29 is 18.3 Å². The Morgan fingerprint density at radius 1 is 1.39 bits per heavy atom. The topological polar surface area (TPSA) is 23.5 Å². The van der Waals surface area contributed by atoms with Gasteiger partial charge in [0.1, 0.15) is 0 Å². The van der Waals surface area contributed by atoms with Crippen LogP contribution in [-0.4, -0.2) is 23.8 Å². The summed E-state index contributed by atoms with van der Waals surface area (Å²) in [6.45, 7) is 2.79. The van der Waals surface area contributed by atoms with Crippen molar-refractivity contribution in [2.75, 3.05) is 18.0 Å². The van der Waals surface area contributed by atoms with E-state index in [4.69, 9.17) is 0 Å². The number of β-amino-alcohol motifs (C(OH)–C–C–N with tert-alkyl or cyclic N) is 1. The fraction of sp³-hybridized carbons (Fsp3) is 0.500. The molecule has 0 aliphatic carbocycles. The number of benzene rings is 1. The van der Waals surface area contributed by atoms with Crippen molar-refractivity contribution >= 4 is 21.6 Å². The fourth-order valence-corrected chi connectivity index (χ4v) is 2.63. The Hall–Kier alpha value is -0.750. The number of halogens is 4. The molecule has 1 heterocycles. The van der Waals surface area contributed by atoms with E-state index < -0.39 is 17.3 Å². The maximum absolute atomic E-state index is 12.5. The quantitative estimate of drug-likeness (QED) is 0.901. The normalized spacial score (nSPS) is 18.7. The third-order valence-electron chi connectivity index (χ3n) is 3.24. The summed E-state index contributed by atoms with van der Waals surface area (Å²) in [5.74, 6) is 0. The molecule has 0 bridgehead atoms. The van der Waals surface area contributed by atoms with Crippen LogP contribution >= 0.6 is 15.9 Å². The summed E-state index contributed by atoms with van der Waals surface area (Å²) >= 11 is 3.15. The van der Waals surface area contributed by atoms with Crippen LogP contribution in [0.15, 0.2) is 22.7 Å². The monoisotopic (exact) mass is 323 g/mol. The molecule has 1 aliphatic rings. The smallest absolute Gasteiger partial charge is 0.386 e. The van der Waals surface area contributed by atoms with E-state index in [1.54, 1.807) is 0 Å². The zero-order chi connectivity index (χ0) is 13.6. The SMILES string of the molecule is CCC1(O)CN(c2ccc(C(F)(F)F)cc2Br)C1. The van der Waals surface area contributed by atoms with E-state index in [1.807, 2.05) is 11.8 Å².